The van der Waals surface area contributed by atoms with Gasteiger partial charge in [0.05, 0.1) is 5.92 Å². The van der Waals surface area contributed by atoms with Gasteiger partial charge in [0, 0.05) is 23.1 Å². The van der Waals surface area contributed by atoms with E-state index >= 15 is 0 Å². The molecule has 1 atom stereocenters. The standard InChI is InChI=1S/C14H18BrNO3/c1-4-16(8-9(2)14(18)19)13(17)11-6-5-7-12(15)10(11)3/h5-7,9H,4,8H2,1-3H3,(H,18,19). The minimum atomic E-state index is -0.891. The van der Waals surface area contributed by atoms with Crippen LogP contribution in [0.25, 0.3) is 0 Å². The number of carbonyl (C=O) groups excluding carboxylic acids is 1. The molecule has 1 aromatic carbocycles. The van der Waals surface area contributed by atoms with E-state index in [-0.39, 0.29) is 12.5 Å². The summed E-state index contributed by atoms with van der Waals surface area (Å²) in [5, 5.41) is 8.93. The van der Waals surface area contributed by atoms with Crippen molar-refractivity contribution < 1.29 is 14.7 Å². The van der Waals surface area contributed by atoms with Gasteiger partial charge >= 0.3 is 5.97 Å². The van der Waals surface area contributed by atoms with Crippen LogP contribution in [0.4, 0.5) is 0 Å². The van der Waals surface area contributed by atoms with Crippen LogP contribution in [0.2, 0.25) is 0 Å². The summed E-state index contributed by atoms with van der Waals surface area (Å²) in [5.41, 5.74) is 1.47. The predicted octanol–water partition coefficient (Wildman–Crippen LogP) is 2.94. The van der Waals surface area contributed by atoms with Crippen LogP contribution in [0.1, 0.15) is 29.8 Å². The zero-order valence-electron chi connectivity index (χ0n) is 11.3. The number of amides is 1. The molecule has 1 unspecified atom stereocenters. The first-order valence-corrected chi connectivity index (χ1v) is 6.95. The van der Waals surface area contributed by atoms with Gasteiger partial charge in [0.2, 0.25) is 0 Å². The second-order valence-electron chi connectivity index (χ2n) is 4.50. The van der Waals surface area contributed by atoms with E-state index in [2.05, 4.69) is 15.9 Å². The third-order valence-corrected chi connectivity index (χ3v) is 3.94. The van der Waals surface area contributed by atoms with Gasteiger partial charge < -0.3 is 10.0 Å². The number of halogens is 1. The quantitative estimate of drug-likeness (QED) is 0.904. The van der Waals surface area contributed by atoms with Crippen LogP contribution in [0.5, 0.6) is 0 Å². The summed E-state index contributed by atoms with van der Waals surface area (Å²) in [6.45, 7) is 6.02. The van der Waals surface area contributed by atoms with E-state index in [1.54, 1.807) is 24.0 Å². The van der Waals surface area contributed by atoms with Crippen LogP contribution >= 0.6 is 15.9 Å². The van der Waals surface area contributed by atoms with E-state index in [0.717, 1.165) is 10.0 Å². The molecule has 0 aliphatic rings. The van der Waals surface area contributed by atoms with Gasteiger partial charge in [-0.3, -0.25) is 9.59 Å². The lowest BCUT2D eigenvalue weighted by molar-refractivity contribution is -0.141. The molecular weight excluding hydrogens is 310 g/mol. The van der Waals surface area contributed by atoms with E-state index in [1.807, 2.05) is 19.9 Å². The summed E-state index contributed by atoms with van der Waals surface area (Å²) in [7, 11) is 0. The van der Waals surface area contributed by atoms with Crippen LogP contribution in [-0.4, -0.2) is 35.0 Å². The van der Waals surface area contributed by atoms with Crippen LogP contribution in [0.15, 0.2) is 22.7 Å². The number of benzene rings is 1. The molecule has 0 radical (unpaired) electrons. The van der Waals surface area contributed by atoms with Crippen LogP contribution in [0, 0.1) is 12.8 Å². The number of nitrogens with zero attached hydrogens (tertiary/aromatic N) is 1. The van der Waals surface area contributed by atoms with Crippen molar-refractivity contribution in [2.75, 3.05) is 13.1 Å². The maximum absolute atomic E-state index is 12.4. The van der Waals surface area contributed by atoms with E-state index in [0.29, 0.717) is 12.1 Å². The molecule has 104 valence electrons. The number of hydrogen-bond donors (Lipinski definition) is 1. The molecule has 0 fully saturated rings. The fourth-order valence-electron chi connectivity index (χ4n) is 1.77. The van der Waals surface area contributed by atoms with Crippen LogP contribution < -0.4 is 0 Å². The first-order valence-electron chi connectivity index (χ1n) is 6.15. The van der Waals surface area contributed by atoms with Crippen molar-refractivity contribution >= 4 is 27.8 Å². The average molecular weight is 328 g/mol. The Morgan fingerprint density at radius 1 is 1.42 bits per heavy atom. The lowest BCUT2D eigenvalue weighted by atomic mass is 10.1. The van der Waals surface area contributed by atoms with Gasteiger partial charge in [-0.2, -0.15) is 0 Å². The molecule has 0 aliphatic heterocycles. The molecule has 1 amide bonds. The number of carbonyl (C=O) groups is 2. The highest BCUT2D eigenvalue weighted by molar-refractivity contribution is 9.10. The molecule has 0 bridgehead atoms. The van der Waals surface area contributed by atoms with Gasteiger partial charge in [-0.1, -0.05) is 28.9 Å². The van der Waals surface area contributed by atoms with E-state index in [9.17, 15) is 9.59 Å². The summed E-state index contributed by atoms with van der Waals surface area (Å²) in [5.74, 6) is -1.59. The number of aliphatic carboxylic acids is 1. The molecule has 0 aliphatic carbocycles. The first-order chi connectivity index (χ1) is 8.88. The molecule has 0 saturated heterocycles. The summed E-state index contributed by atoms with van der Waals surface area (Å²) >= 11 is 3.39. The van der Waals surface area contributed by atoms with E-state index < -0.39 is 11.9 Å². The number of carboxylic acids is 1. The fraction of sp³-hybridized carbons (Fsp3) is 0.429. The molecule has 0 saturated carbocycles. The highest BCUT2D eigenvalue weighted by Crippen LogP contribution is 2.21. The van der Waals surface area contributed by atoms with Gasteiger partial charge in [-0.15, -0.1) is 0 Å². The van der Waals surface area contributed by atoms with Crippen molar-refractivity contribution in [3.63, 3.8) is 0 Å². The zero-order valence-corrected chi connectivity index (χ0v) is 12.9. The summed E-state index contributed by atoms with van der Waals surface area (Å²) in [6.07, 6.45) is 0. The highest BCUT2D eigenvalue weighted by Gasteiger charge is 2.21. The normalized spacial score (nSPS) is 12.0. The Labute approximate surface area is 121 Å². The molecule has 1 N–H and O–H groups in total. The predicted molar refractivity (Wildman–Crippen MR) is 77.3 cm³/mol. The van der Waals surface area contributed by atoms with Gasteiger partial charge in [-0.25, -0.2) is 0 Å². The largest absolute Gasteiger partial charge is 0.481 e. The minimum Gasteiger partial charge on any atom is -0.481 e. The molecule has 1 rings (SSSR count). The molecule has 0 aromatic heterocycles. The molecule has 4 nitrogen and oxygen atoms in total. The van der Waals surface area contributed by atoms with Gasteiger partial charge in [-0.05, 0) is 31.5 Å². The number of carboxylic acid groups (broad SMARTS) is 1. The average Bonchev–Trinajstić information content (AvgIpc) is 2.38. The van der Waals surface area contributed by atoms with Crippen molar-refractivity contribution in [2.24, 2.45) is 5.92 Å². The summed E-state index contributed by atoms with van der Waals surface area (Å²) < 4.78 is 0.876. The third-order valence-electron chi connectivity index (χ3n) is 3.08. The molecule has 19 heavy (non-hydrogen) atoms. The molecular formula is C14H18BrNO3. The Morgan fingerprint density at radius 2 is 2.05 bits per heavy atom. The first kappa shape index (κ1) is 15.7. The van der Waals surface area contributed by atoms with Crippen molar-refractivity contribution in [3.8, 4) is 0 Å². The van der Waals surface area contributed by atoms with Crippen LogP contribution in [-0.2, 0) is 4.79 Å². The van der Waals surface area contributed by atoms with Crippen molar-refractivity contribution in [2.45, 2.75) is 20.8 Å². The maximum atomic E-state index is 12.4. The number of hydrogen-bond acceptors (Lipinski definition) is 2. The van der Waals surface area contributed by atoms with Gasteiger partial charge in [0.15, 0.2) is 0 Å². The zero-order chi connectivity index (χ0) is 14.6. The van der Waals surface area contributed by atoms with Gasteiger partial charge in [0.25, 0.3) is 5.91 Å². The highest BCUT2D eigenvalue weighted by atomic mass is 79.9. The lowest BCUT2D eigenvalue weighted by Crippen LogP contribution is -2.37. The second-order valence-corrected chi connectivity index (χ2v) is 5.35. The topological polar surface area (TPSA) is 57.6 Å². The SMILES string of the molecule is CCN(CC(C)C(=O)O)C(=O)c1cccc(Br)c1C. The lowest BCUT2D eigenvalue weighted by Gasteiger charge is -2.24. The molecule has 0 spiro atoms. The van der Waals surface area contributed by atoms with Gasteiger partial charge in [0.1, 0.15) is 0 Å². The number of rotatable bonds is 5. The second kappa shape index (κ2) is 6.70. The fourth-order valence-corrected chi connectivity index (χ4v) is 2.14. The van der Waals surface area contributed by atoms with Crippen molar-refractivity contribution in [3.05, 3.63) is 33.8 Å². The van der Waals surface area contributed by atoms with Crippen LogP contribution in [0.3, 0.4) is 0 Å². The Balaban J connectivity index is 2.96. The van der Waals surface area contributed by atoms with Crippen molar-refractivity contribution in [1.82, 2.24) is 4.90 Å². The Hall–Kier alpha value is -1.36. The Morgan fingerprint density at radius 3 is 2.58 bits per heavy atom. The summed E-state index contributed by atoms with van der Waals surface area (Å²) in [4.78, 5) is 24.9. The molecule has 0 heterocycles. The van der Waals surface area contributed by atoms with E-state index in [1.165, 1.54) is 0 Å². The molecule has 1 aromatic rings. The monoisotopic (exact) mass is 327 g/mol. The molecule has 5 heteroatoms. The maximum Gasteiger partial charge on any atom is 0.308 e. The smallest absolute Gasteiger partial charge is 0.308 e. The van der Waals surface area contributed by atoms with E-state index in [4.69, 9.17) is 5.11 Å². The third kappa shape index (κ3) is 3.80. The van der Waals surface area contributed by atoms with Crippen molar-refractivity contribution in [1.29, 1.82) is 0 Å². The Kier molecular flexibility index (Phi) is 5.54. The Bertz CT molecular complexity index is 488. The summed E-state index contributed by atoms with van der Waals surface area (Å²) in [6, 6.07) is 5.44. The minimum absolute atomic E-state index is 0.130.